The summed E-state index contributed by atoms with van der Waals surface area (Å²) in [7, 11) is 0. The molecule has 0 heterocycles. The van der Waals surface area contributed by atoms with Gasteiger partial charge >= 0.3 is 0 Å². The van der Waals surface area contributed by atoms with Gasteiger partial charge in [0, 0.05) is 16.3 Å². The lowest BCUT2D eigenvalue weighted by molar-refractivity contribution is 0.102. The average Bonchev–Trinajstić information content (AvgIpc) is 2.48. The minimum absolute atomic E-state index is 0.0957. The summed E-state index contributed by atoms with van der Waals surface area (Å²) in [5, 5.41) is 3.74. The molecular weight excluding hydrogens is 282 g/mol. The van der Waals surface area contributed by atoms with Gasteiger partial charge in [-0.25, -0.2) is 0 Å². The molecule has 0 unspecified atom stereocenters. The van der Waals surface area contributed by atoms with E-state index in [0.717, 1.165) is 35.2 Å². The van der Waals surface area contributed by atoms with Gasteiger partial charge in [0.2, 0.25) is 0 Å². The second-order valence-corrected chi connectivity index (χ2v) is 5.49. The summed E-state index contributed by atoms with van der Waals surface area (Å²) >= 11 is 6.26. The molecule has 1 N–H and O–H groups in total. The van der Waals surface area contributed by atoms with E-state index in [1.807, 2.05) is 50.2 Å². The second kappa shape index (κ2) is 6.77. The van der Waals surface area contributed by atoms with Crippen molar-refractivity contribution in [2.24, 2.45) is 0 Å². The summed E-state index contributed by atoms with van der Waals surface area (Å²) in [6, 6.07) is 11.4. The molecule has 110 valence electrons. The highest BCUT2D eigenvalue weighted by Gasteiger charge is 2.14. The van der Waals surface area contributed by atoms with Crippen LogP contribution >= 0.6 is 11.6 Å². The van der Waals surface area contributed by atoms with Crippen LogP contribution in [0.15, 0.2) is 36.4 Å². The molecule has 0 aromatic heterocycles. The first-order valence-corrected chi connectivity index (χ1v) is 7.62. The Bertz CT molecular complexity index is 647. The summed E-state index contributed by atoms with van der Waals surface area (Å²) in [5.41, 5.74) is 4.76. The van der Waals surface area contributed by atoms with Crippen molar-refractivity contribution in [3.05, 3.63) is 63.7 Å². The van der Waals surface area contributed by atoms with Crippen molar-refractivity contribution < 1.29 is 4.79 Å². The van der Waals surface area contributed by atoms with Gasteiger partial charge < -0.3 is 5.32 Å². The smallest absolute Gasteiger partial charge is 0.255 e. The molecular formula is C18H20ClNO. The third-order valence-electron chi connectivity index (χ3n) is 3.63. The van der Waals surface area contributed by atoms with Crippen LogP contribution < -0.4 is 5.32 Å². The predicted octanol–water partition coefficient (Wildman–Crippen LogP) is 5.03. The van der Waals surface area contributed by atoms with E-state index in [1.54, 1.807) is 0 Å². The first kappa shape index (κ1) is 15.6. The SMILES string of the molecule is CCc1ccc(Cl)c(CC)c1NC(=O)c1ccc(C)cc1. The Balaban J connectivity index is 2.36. The number of halogens is 1. The van der Waals surface area contributed by atoms with Crippen LogP contribution in [-0.2, 0) is 12.8 Å². The van der Waals surface area contributed by atoms with Crippen molar-refractivity contribution in [1.82, 2.24) is 0 Å². The minimum Gasteiger partial charge on any atom is -0.321 e. The standard InChI is InChI=1S/C18H20ClNO/c1-4-13-10-11-16(19)15(5-2)17(13)20-18(21)14-8-6-12(3)7-9-14/h6-11H,4-5H2,1-3H3,(H,20,21). The topological polar surface area (TPSA) is 29.1 Å². The Hall–Kier alpha value is -1.80. The number of anilines is 1. The number of hydrogen-bond donors (Lipinski definition) is 1. The molecule has 0 fully saturated rings. The van der Waals surface area contributed by atoms with Gasteiger partial charge in [-0.1, -0.05) is 49.2 Å². The number of nitrogens with one attached hydrogen (secondary N) is 1. The fraction of sp³-hybridized carbons (Fsp3) is 0.278. The van der Waals surface area contributed by atoms with E-state index in [2.05, 4.69) is 12.2 Å². The molecule has 1 amide bonds. The molecule has 21 heavy (non-hydrogen) atoms. The zero-order chi connectivity index (χ0) is 15.4. The highest BCUT2D eigenvalue weighted by molar-refractivity contribution is 6.32. The van der Waals surface area contributed by atoms with E-state index >= 15 is 0 Å². The van der Waals surface area contributed by atoms with Gasteiger partial charge in [0.15, 0.2) is 0 Å². The fourth-order valence-electron chi connectivity index (χ4n) is 2.36. The second-order valence-electron chi connectivity index (χ2n) is 5.09. The van der Waals surface area contributed by atoms with E-state index < -0.39 is 0 Å². The van der Waals surface area contributed by atoms with E-state index in [-0.39, 0.29) is 5.91 Å². The van der Waals surface area contributed by atoms with Crippen LogP contribution in [0.4, 0.5) is 5.69 Å². The maximum atomic E-state index is 12.4. The molecule has 2 aromatic rings. The number of hydrogen-bond acceptors (Lipinski definition) is 1. The molecule has 0 aliphatic rings. The van der Waals surface area contributed by atoms with E-state index in [4.69, 9.17) is 11.6 Å². The van der Waals surface area contributed by atoms with E-state index in [0.29, 0.717) is 10.6 Å². The first-order chi connectivity index (χ1) is 10.1. The Labute approximate surface area is 131 Å². The van der Waals surface area contributed by atoms with Crippen LogP contribution in [0.2, 0.25) is 5.02 Å². The number of carbonyl (C=O) groups is 1. The molecule has 2 aromatic carbocycles. The summed E-state index contributed by atoms with van der Waals surface area (Å²) in [6.07, 6.45) is 1.64. The molecule has 0 aliphatic carbocycles. The summed E-state index contributed by atoms with van der Waals surface area (Å²) in [5.74, 6) is -0.0957. The number of rotatable bonds is 4. The minimum atomic E-state index is -0.0957. The molecule has 3 heteroatoms. The lowest BCUT2D eigenvalue weighted by Crippen LogP contribution is -2.15. The Morgan fingerprint density at radius 3 is 2.29 bits per heavy atom. The van der Waals surface area contributed by atoms with Crippen molar-refractivity contribution in [1.29, 1.82) is 0 Å². The van der Waals surface area contributed by atoms with Gasteiger partial charge in [-0.2, -0.15) is 0 Å². The van der Waals surface area contributed by atoms with Crippen molar-refractivity contribution >= 4 is 23.2 Å². The molecule has 0 saturated carbocycles. The number of benzene rings is 2. The van der Waals surface area contributed by atoms with Gasteiger partial charge in [0.05, 0.1) is 0 Å². The van der Waals surface area contributed by atoms with Crippen LogP contribution in [0, 0.1) is 6.92 Å². The molecule has 0 radical (unpaired) electrons. The average molecular weight is 302 g/mol. The summed E-state index contributed by atoms with van der Waals surface area (Å²) in [4.78, 5) is 12.4. The van der Waals surface area contributed by atoms with Crippen molar-refractivity contribution in [3.63, 3.8) is 0 Å². The number of aryl methyl sites for hydroxylation is 2. The van der Waals surface area contributed by atoms with Crippen molar-refractivity contribution in [3.8, 4) is 0 Å². The Morgan fingerprint density at radius 2 is 1.71 bits per heavy atom. The van der Waals surface area contributed by atoms with Crippen LogP contribution in [0.1, 0.15) is 40.9 Å². The first-order valence-electron chi connectivity index (χ1n) is 7.25. The van der Waals surface area contributed by atoms with Crippen LogP contribution in [0.25, 0.3) is 0 Å². The summed E-state index contributed by atoms with van der Waals surface area (Å²) < 4.78 is 0. The molecule has 0 spiro atoms. The summed E-state index contributed by atoms with van der Waals surface area (Å²) in [6.45, 7) is 6.12. The maximum absolute atomic E-state index is 12.4. The van der Waals surface area contributed by atoms with Crippen LogP contribution in [-0.4, -0.2) is 5.91 Å². The van der Waals surface area contributed by atoms with Gasteiger partial charge in [-0.3, -0.25) is 4.79 Å². The number of amides is 1. The van der Waals surface area contributed by atoms with Gasteiger partial charge in [0.1, 0.15) is 0 Å². The van der Waals surface area contributed by atoms with Crippen LogP contribution in [0.3, 0.4) is 0 Å². The lowest BCUT2D eigenvalue weighted by Gasteiger charge is -2.16. The third-order valence-corrected chi connectivity index (χ3v) is 3.98. The van der Waals surface area contributed by atoms with Gasteiger partial charge in [0.25, 0.3) is 5.91 Å². The molecule has 0 saturated heterocycles. The highest BCUT2D eigenvalue weighted by Crippen LogP contribution is 2.29. The van der Waals surface area contributed by atoms with Gasteiger partial charge in [-0.15, -0.1) is 0 Å². The maximum Gasteiger partial charge on any atom is 0.255 e. The molecule has 0 atom stereocenters. The van der Waals surface area contributed by atoms with Gasteiger partial charge in [-0.05, 0) is 49.1 Å². The molecule has 0 aliphatic heterocycles. The highest BCUT2D eigenvalue weighted by atomic mass is 35.5. The van der Waals surface area contributed by atoms with Crippen LogP contribution in [0.5, 0.6) is 0 Å². The molecule has 2 rings (SSSR count). The van der Waals surface area contributed by atoms with Crippen molar-refractivity contribution in [2.75, 3.05) is 5.32 Å². The fourth-order valence-corrected chi connectivity index (χ4v) is 2.65. The van der Waals surface area contributed by atoms with E-state index in [1.165, 1.54) is 0 Å². The monoisotopic (exact) mass is 301 g/mol. The number of carbonyl (C=O) groups excluding carboxylic acids is 1. The largest absolute Gasteiger partial charge is 0.321 e. The molecule has 2 nitrogen and oxygen atoms in total. The Morgan fingerprint density at radius 1 is 1.05 bits per heavy atom. The normalized spacial score (nSPS) is 10.5. The molecule has 0 bridgehead atoms. The lowest BCUT2D eigenvalue weighted by atomic mass is 10.0. The predicted molar refractivity (Wildman–Crippen MR) is 89.3 cm³/mol. The third kappa shape index (κ3) is 3.45. The zero-order valence-corrected chi connectivity index (χ0v) is 13.4. The van der Waals surface area contributed by atoms with E-state index in [9.17, 15) is 4.79 Å². The quantitative estimate of drug-likeness (QED) is 0.843. The Kier molecular flexibility index (Phi) is 5.03. The zero-order valence-electron chi connectivity index (χ0n) is 12.7. The van der Waals surface area contributed by atoms with Crippen molar-refractivity contribution in [2.45, 2.75) is 33.6 Å².